The van der Waals surface area contributed by atoms with Gasteiger partial charge in [-0.3, -0.25) is 4.18 Å². The third-order valence-corrected chi connectivity index (χ3v) is 1.46. The number of ether oxygens (including phenoxy) is 1. The Hall–Kier alpha value is -0.0100. The first-order valence-electron chi connectivity index (χ1n) is 3.07. The standard InChI is InChI=1S/C5H12O5S/c1-9-5(2-3-6)4-10-11(7)8/h5-6H,2-4H2,1H3,(H,7,8)/p-1. The molecule has 5 nitrogen and oxygen atoms in total. The van der Waals surface area contributed by atoms with Gasteiger partial charge in [-0.15, -0.1) is 0 Å². The van der Waals surface area contributed by atoms with Gasteiger partial charge in [0.1, 0.15) is 0 Å². The van der Waals surface area contributed by atoms with Gasteiger partial charge in [-0.25, -0.2) is 4.21 Å². The second kappa shape index (κ2) is 6.68. The summed E-state index contributed by atoms with van der Waals surface area (Å²) >= 11 is -2.50. The molecule has 0 radical (unpaired) electrons. The molecule has 0 heterocycles. The predicted molar refractivity (Wildman–Crippen MR) is 37.4 cm³/mol. The lowest BCUT2D eigenvalue weighted by Gasteiger charge is -2.14. The summed E-state index contributed by atoms with van der Waals surface area (Å²) in [7, 11) is 1.43. The topological polar surface area (TPSA) is 78.8 Å². The van der Waals surface area contributed by atoms with Crippen molar-refractivity contribution >= 4 is 11.4 Å². The van der Waals surface area contributed by atoms with Gasteiger partial charge < -0.3 is 14.4 Å². The van der Waals surface area contributed by atoms with Crippen molar-refractivity contribution < 1.29 is 22.8 Å². The molecular formula is C5H11O5S-. The summed E-state index contributed by atoms with van der Waals surface area (Å²) < 4.78 is 28.8. The molecular weight excluding hydrogens is 172 g/mol. The van der Waals surface area contributed by atoms with Crippen LogP contribution in [0.3, 0.4) is 0 Å². The molecule has 68 valence electrons. The van der Waals surface area contributed by atoms with Crippen LogP contribution >= 0.6 is 0 Å². The van der Waals surface area contributed by atoms with Crippen molar-refractivity contribution in [3.05, 3.63) is 0 Å². The molecule has 0 aromatic carbocycles. The van der Waals surface area contributed by atoms with Crippen molar-refractivity contribution in [3.63, 3.8) is 0 Å². The Morgan fingerprint density at radius 2 is 2.36 bits per heavy atom. The molecule has 0 rings (SSSR count). The molecule has 0 saturated heterocycles. The molecule has 0 amide bonds. The minimum absolute atomic E-state index is 0.0483. The third kappa shape index (κ3) is 6.39. The molecule has 6 heteroatoms. The highest BCUT2D eigenvalue weighted by Gasteiger charge is 2.05. The van der Waals surface area contributed by atoms with Crippen LogP contribution in [0.1, 0.15) is 6.42 Å². The molecule has 0 saturated carbocycles. The van der Waals surface area contributed by atoms with E-state index in [4.69, 9.17) is 9.84 Å². The zero-order chi connectivity index (χ0) is 8.69. The van der Waals surface area contributed by atoms with E-state index in [-0.39, 0.29) is 19.3 Å². The highest BCUT2D eigenvalue weighted by Crippen LogP contribution is 1.97. The van der Waals surface area contributed by atoms with Crippen LogP contribution in [0.15, 0.2) is 0 Å². The Morgan fingerprint density at radius 1 is 1.73 bits per heavy atom. The highest BCUT2D eigenvalue weighted by molar-refractivity contribution is 7.74. The van der Waals surface area contributed by atoms with Crippen molar-refractivity contribution in [1.82, 2.24) is 0 Å². The van der Waals surface area contributed by atoms with Crippen LogP contribution in [0.2, 0.25) is 0 Å². The minimum atomic E-state index is -2.50. The van der Waals surface area contributed by atoms with Gasteiger partial charge in [0.05, 0.1) is 24.1 Å². The summed E-state index contributed by atoms with van der Waals surface area (Å²) in [6.45, 7) is -0.0967. The van der Waals surface area contributed by atoms with Crippen LogP contribution in [0.25, 0.3) is 0 Å². The zero-order valence-electron chi connectivity index (χ0n) is 6.19. The van der Waals surface area contributed by atoms with Crippen molar-refractivity contribution in [2.45, 2.75) is 12.5 Å². The SMILES string of the molecule is COC(CCO)COS(=O)[O-]. The summed E-state index contributed by atoms with van der Waals surface area (Å²) in [5.74, 6) is 0. The maximum atomic E-state index is 9.88. The van der Waals surface area contributed by atoms with E-state index in [1.54, 1.807) is 0 Å². The van der Waals surface area contributed by atoms with Crippen molar-refractivity contribution in [2.75, 3.05) is 20.3 Å². The molecule has 0 aliphatic heterocycles. The quantitative estimate of drug-likeness (QED) is 0.545. The summed E-state index contributed by atoms with van der Waals surface area (Å²) in [6, 6.07) is 0. The predicted octanol–water partition coefficient (Wildman–Crippen LogP) is -0.805. The average molecular weight is 183 g/mol. The molecule has 0 aromatic rings. The summed E-state index contributed by atoms with van der Waals surface area (Å²) in [5.41, 5.74) is 0. The highest BCUT2D eigenvalue weighted by atomic mass is 32.2. The van der Waals surface area contributed by atoms with Gasteiger partial charge in [0.15, 0.2) is 0 Å². The fourth-order valence-corrected chi connectivity index (χ4v) is 0.808. The Labute approximate surface area is 67.8 Å². The van der Waals surface area contributed by atoms with Gasteiger partial charge in [0.2, 0.25) is 0 Å². The maximum Gasteiger partial charge on any atom is 0.0891 e. The van der Waals surface area contributed by atoms with Crippen LogP contribution in [0.5, 0.6) is 0 Å². The van der Waals surface area contributed by atoms with Crippen molar-refractivity contribution in [1.29, 1.82) is 0 Å². The van der Waals surface area contributed by atoms with Gasteiger partial charge in [0, 0.05) is 13.7 Å². The van der Waals surface area contributed by atoms with Gasteiger partial charge >= 0.3 is 0 Å². The number of aliphatic hydroxyl groups is 1. The van der Waals surface area contributed by atoms with Gasteiger partial charge in [0.25, 0.3) is 0 Å². The fraction of sp³-hybridized carbons (Fsp3) is 1.00. The molecule has 0 bridgehead atoms. The first kappa shape index (κ1) is 11.0. The smallest absolute Gasteiger partial charge is 0.0891 e. The van der Waals surface area contributed by atoms with Crippen molar-refractivity contribution in [3.8, 4) is 0 Å². The summed E-state index contributed by atoms with van der Waals surface area (Å²) in [4.78, 5) is 0. The van der Waals surface area contributed by atoms with Crippen LogP contribution in [0, 0.1) is 0 Å². The monoisotopic (exact) mass is 183 g/mol. The molecule has 0 aliphatic rings. The Balaban J connectivity index is 3.43. The molecule has 2 atom stereocenters. The first-order chi connectivity index (χ1) is 5.20. The number of hydrogen-bond acceptors (Lipinski definition) is 5. The van der Waals surface area contributed by atoms with Crippen LogP contribution in [-0.4, -0.2) is 40.3 Å². The molecule has 1 N–H and O–H groups in total. The Bertz CT molecular complexity index is 117. The summed E-state index contributed by atoms with van der Waals surface area (Å²) in [6.07, 6.45) is 0.00569. The van der Waals surface area contributed by atoms with E-state index in [0.717, 1.165) is 0 Å². The Kier molecular flexibility index (Phi) is 6.68. The molecule has 0 fully saturated rings. The van der Waals surface area contributed by atoms with Crippen LogP contribution < -0.4 is 0 Å². The lowest BCUT2D eigenvalue weighted by atomic mass is 10.3. The van der Waals surface area contributed by atoms with E-state index in [0.29, 0.717) is 6.42 Å². The van der Waals surface area contributed by atoms with E-state index >= 15 is 0 Å². The fourth-order valence-electron chi connectivity index (χ4n) is 0.545. The first-order valence-corrected chi connectivity index (χ1v) is 4.07. The molecule has 11 heavy (non-hydrogen) atoms. The van der Waals surface area contributed by atoms with Crippen LogP contribution in [-0.2, 0) is 20.3 Å². The molecule has 0 spiro atoms. The van der Waals surface area contributed by atoms with Gasteiger partial charge in [-0.2, -0.15) is 0 Å². The van der Waals surface area contributed by atoms with Crippen molar-refractivity contribution in [2.24, 2.45) is 0 Å². The normalized spacial score (nSPS) is 16.3. The second-order valence-electron chi connectivity index (χ2n) is 1.86. The van der Waals surface area contributed by atoms with E-state index < -0.39 is 11.4 Å². The lowest BCUT2D eigenvalue weighted by molar-refractivity contribution is 0.0406. The van der Waals surface area contributed by atoms with Crippen LogP contribution in [0.4, 0.5) is 0 Å². The second-order valence-corrected chi connectivity index (χ2v) is 2.50. The molecule has 2 unspecified atom stereocenters. The van der Waals surface area contributed by atoms with E-state index in [1.165, 1.54) is 7.11 Å². The van der Waals surface area contributed by atoms with E-state index in [9.17, 15) is 8.76 Å². The maximum absolute atomic E-state index is 9.88. The van der Waals surface area contributed by atoms with Gasteiger partial charge in [-0.1, -0.05) is 0 Å². The number of hydrogen-bond donors (Lipinski definition) is 1. The molecule has 0 aromatic heterocycles. The average Bonchev–Trinajstić information content (AvgIpc) is 1.97. The van der Waals surface area contributed by atoms with E-state index in [1.807, 2.05) is 0 Å². The minimum Gasteiger partial charge on any atom is -0.750 e. The number of aliphatic hydroxyl groups excluding tert-OH is 1. The zero-order valence-corrected chi connectivity index (χ0v) is 7.00. The summed E-state index contributed by atoms with van der Waals surface area (Å²) in [5, 5.41) is 8.44. The third-order valence-electron chi connectivity index (χ3n) is 1.13. The van der Waals surface area contributed by atoms with E-state index in [2.05, 4.69) is 4.18 Å². The molecule has 0 aliphatic carbocycles. The number of rotatable bonds is 6. The van der Waals surface area contributed by atoms with Gasteiger partial charge in [-0.05, 0) is 6.42 Å². The number of methoxy groups -OCH3 is 1. The Morgan fingerprint density at radius 3 is 2.73 bits per heavy atom. The largest absolute Gasteiger partial charge is 0.750 e. The lowest BCUT2D eigenvalue weighted by Crippen LogP contribution is -2.20.